The summed E-state index contributed by atoms with van der Waals surface area (Å²) in [6, 6.07) is 15.3. The van der Waals surface area contributed by atoms with E-state index >= 15 is 0 Å². The smallest absolute Gasteiger partial charge is 0.278 e. The highest BCUT2D eigenvalue weighted by atomic mass is 16.5. The fourth-order valence-electron chi connectivity index (χ4n) is 4.61. The van der Waals surface area contributed by atoms with Gasteiger partial charge in [-0.2, -0.15) is 0 Å². The Kier molecular flexibility index (Phi) is 6.44. The summed E-state index contributed by atoms with van der Waals surface area (Å²) in [5.74, 6) is -2.25. The van der Waals surface area contributed by atoms with Crippen LogP contribution >= 0.6 is 0 Å². The molecule has 4 rings (SSSR count). The van der Waals surface area contributed by atoms with Crippen LogP contribution in [0.15, 0.2) is 48.5 Å². The Labute approximate surface area is 198 Å². The van der Waals surface area contributed by atoms with Crippen molar-refractivity contribution in [3.63, 3.8) is 0 Å². The van der Waals surface area contributed by atoms with E-state index in [-0.39, 0.29) is 0 Å². The minimum absolute atomic E-state index is 0.315. The van der Waals surface area contributed by atoms with E-state index in [1.807, 2.05) is 12.1 Å². The molecule has 0 radical (unpaired) electrons. The van der Waals surface area contributed by atoms with Gasteiger partial charge in [-0.05, 0) is 35.7 Å². The quantitative estimate of drug-likeness (QED) is 0.322. The van der Waals surface area contributed by atoms with Gasteiger partial charge in [-0.25, -0.2) is 5.48 Å². The van der Waals surface area contributed by atoms with E-state index in [4.69, 9.17) is 9.94 Å². The number of nitrogens with zero attached hydrogens (tertiary/aromatic N) is 2. The molecule has 2 saturated heterocycles. The lowest BCUT2D eigenvalue weighted by atomic mass is 9.78. The van der Waals surface area contributed by atoms with Crippen molar-refractivity contribution in [3.05, 3.63) is 59.7 Å². The van der Waals surface area contributed by atoms with Crippen molar-refractivity contribution >= 4 is 17.7 Å². The number of amides is 3. The minimum Gasteiger partial charge on any atom is -0.380 e. The van der Waals surface area contributed by atoms with Gasteiger partial charge in [-0.3, -0.25) is 24.5 Å². The second-order valence-electron chi connectivity index (χ2n) is 9.37. The molecule has 0 aromatic heterocycles. The van der Waals surface area contributed by atoms with Crippen LogP contribution in [0.2, 0.25) is 0 Å². The Hall–Kier alpha value is -3.27. The number of carbonyl (C=O) groups excluding carboxylic acids is 3. The second kappa shape index (κ2) is 9.17. The van der Waals surface area contributed by atoms with E-state index < -0.39 is 23.3 Å². The number of carbonyl (C=O) groups is 3. The van der Waals surface area contributed by atoms with Gasteiger partial charge in [-0.1, -0.05) is 36.4 Å². The van der Waals surface area contributed by atoms with Gasteiger partial charge in [0.05, 0.1) is 13.2 Å². The molecule has 2 heterocycles. The molecule has 3 amide bonds. The summed E-state index contributed by atoms with van der Waals surface area (Å²) in [5, 5.41) is 11.4. The molecule has 3 N–H and O–H groups in total. The van der Waals surface area contributed by atoms with E-state index in [1.165, 1.54) is 32.1 Å². The zero-order valence-electron chi connectivity index (χ0n) is 19.6. The van der Waals surface area contributed by atoms with Crippen LogP contribution in [0.3, 0.4) is 0 Å². The first kappa shape index (κ1) is 23.9. The largest absolute Gasteiger partial charge is 0.380 e. The number of ether oxygens (including phenoxy) is 1. The summed E-state index contributed by atoms with van der Waals surface area (Å²) in [7, 11) is 2.70. The topological polar surface area (TPSA) is 111 Å². The van der Waals surface area contributed by atoms with Crippen LogP contribution in [-0.2, 0) is 20.9 Å². The molecule has 180 valence electrons. The summed E-state index contributed by atoms with van der Waals surface area (Å²) >= 11 is 0. The number of rotatable bonds is 7. The number of nitrogens with one attached hydrogen (secondary N) is 2. The van der Waals surface area contributed by atoms with E-state index in [2.05, 4.69) is 34.5 Å². The molecule has 2 aliphatic heterocycles. The summed E-state index contributed by atoms with van der Waals surface area (Å²) < 4.78 is 5.33. The van der Waals surface area contributed by atoms with Crippen molar-refractivity contribution in [1.82, 2.24) is 20.6 Å². The molecule has 2 aliphatic rings. The average molecular weight is 467 g/mol. The first-order valence-electron chi connectivity index (χ1n) is 11.2. The first-order valence-corrected chi connectivity index (χ1v) is 11.2. The SMILES string of the molecule is CNC(=O)[C@@](C)(C(=O)NO)N(C)C(=O)c1ccc(-c2ccc(CN3CC4(COC4)C3)cc2)cc1. The Morgan fingerprint density at radius 3 is 2.06 bits per heavy atom. The maximum atomic E-state index is 13.0. The van der Waals surface area contributed by atoms with Gasteiger partial charge in [0.15, 0.2) is 5.54 Å². The lowest BCUT2D eigenvalue weighted by Crippen LogP contribution is -2.65. The summed E-state index contributed by atoms with van der Waals surface area (Å²) in [6.07, 6.45) is 0. The van der Waals surface area contributed by atoms with Crippen LogP contribution < -0.4 is 10.8 Å². The number of hydrogen-bond donors (Lipinski definition) is 3. The molecule has 0 aliphatic carbocycles. The standard InChI is InChI=1S/C25H30N4O5/c1-24(22(31)26-2,23(32)27-33)28(3)21(30)20-10-8-19(9-11-20)18-6-4-17(5-7-18)12-29-13-25(14-29)15-34-16-25/h4-11,33H,12-16H2,1-3H3,(H,26,31)(H,27,32)/t24-/m0/s1. The summed E-state index contributed by atoms with van der Waals surface area (Å²) in [5.41, 5.74) is 3.50. The van der Waals surface area contributed by atoms with Crippen LogP contribution in [-0.4, -0.2) is 78.7 Å². The maximum Gasteiger partial charge on any atom is 0.278 e. The fraction of sp³-hybridized carbons (Fsp3) is 0.400. The van der Waals surface area contributed by atoms with Crippen molar-refractivity contribution in [3.8, 4) is 11.1 Å². The van der Waals surface area contributed by atoms with Gasteiger partial charge in [0.25, 0.3) is 17.7 Å². The summed E-state index contributed by atoms with van der Waals surface area (Å²) in [6.45, 7) is 6.15. The number of benzene rings is 2. The van der Waals surface area contributed by atoms with E-state index in [9.17, 15) is 14.4 Å². The molecule has 2 aromatic carbocycles. The molecule has 0 saturated carbocycles. The van der Waals surface area contributed by atoms with E-state index in [0.717, 1.165) is 48.9 Å². The van der Waals surface area contributed by atoms with Crippen LogP contribution in [0.1, 0.15) is 22.8 Å². The van der Waals surface area contributed by atoms with Crippen LogP contribution in [0, 0.1) is 5.41 Å². The van der Waals surface area contributed by atoms with Crippen molar-refractivity contribution in [2.24, 2.45) is 5.41 Å². The number of likely N-dealkylation sites (tertiary alicyclic amines) is 1. The lowest BCUT2D eigenvalue weighted by molar-refractivity contribution is -0.191. The van der Waals surface area contributed by atoms with Crippen molar-refractivity contribution in [1.29, 1.82) is 0 Å². The van der Waals surface area contributed by atoms with Gasteiger partial charge in [0.2, 0.25) is 0 Å². The summed E-state index contributed by atoms with van der Waals surface area (Å²) in [4.78, 5) is 41.0. The third kappa shape index (κ3) is 4.18. The van der Waals surface area contributed by atoms with Gasteiger partial charge < -0.3 is 15.0 Å². The molecule has 9 heteroatoms. The van der Waals surface area contributed by atoms with Gasteiger partial charge in [0.1, 0.15) is 0 Å². The maximum absolute atomic E-state index is 13.0. The molecule has 0 bridgehead atoms. The molecule has 0 unspecified atom stereocenters. The van der Waals surface area contributed by atoms with Crippen LogP contribution in [0.5, 0.6) is 0 Å². The van der Waals surface area contributed by atoms with Gasteiger partial charge >= 0.3 is 0 Å². The Balaban J connectivity index is 1.42. The Morgan fingerprint density at radius 1 is 1.03 bits per heavy atom. The minimum atomic E-state index is -1.92. The van der Waals surface area contributed by atoms with Crippen LogP contribution in [0.25, 0.3) is 11.1 Å². The fourth-order valence-corrected chi connectivity index (χ4v) is 4.61. The monoisotopic (exact) mass is 466 g/mol. The van der Waals surface area contributed by atoms with Crippen molar-refractivity contribution in [2.75, 3.05) is 40.4 Å². The molecular weight excluding hydrogens is 436 g/mol. The zero-order chi connectivity index (χ0) is 24.5. The van der Waals surface area contributed by atoms with E-state index in [1.54, 1.807) is 12.1 Å². The predicted octanol–water partition coefficient (Wildman–Crippen LogP) is 1.27. The molecule has 2 aromatic rings. The zero-order valence-corrected chi connectivity index (χ0v) is 19.6. The third-order valence-corrected chi connectivity index (χ3v) is 6.95. The second-order valence-corrected chi connectivity index (χ2v) is 9.37. The van der Waals surface area contributed by atoms with Gasteiger partial charge in [-0.15, -0.1) is 0 Å². The lowest BCUT2D eigenvalue weighted by Gasteiger charge is -2.55. The molecule has 2 fully saturated rings. The van der Waals surface area contributed by atoms with Gasteiger partial charge in [0, 0.05) is 44.7 Å². The molecule has 9 nitrogen and oxygen atoms in total. The average Bonchev–Trinajstić information content (AvgIpc) is 2.82. The number of hydroxylamine groups is 1. The molecule has 1 atom stereocenters. The normalized spacial score (nSPS) is 18.2. The molecule has 34 heavy (non-hydrogen) atoms. The van der Waals surface area contributed by atoms with Crippen molar-refractivity contribution < 1.29 is 24.3 Å². The third-order valence-electron chi connectivity index (χ3n) is 6.95. The van der Waals surface area contributed by atoms with Crippen LogP contribution in [0.4, 0.5) is 0 Å². The highest BCUT2D eigenvalue weighted by Crippen LogP contribution is 2.38. The predicted molar refractivity (Wildman–Crippen MR) is 125 cm³/mol. The highest BCUT2D eigenvalue weighted by molar-refractivity contribution is 6.12. The Morgan fingerprint density at radius 2 is 1.59 bits per heavy atom. The Bertz CT molecular complexity index is 1060. The van der Waals surface area contributed by atoms with Crippen molar-refractivity contribution in [2.45, 2.75) is 19.0 Å². The number of hydrogen-bond acceptors (Lipinski definition) is 6. The molecular formula is C25H30N4O5. The number of likely N-dealkylation sites (N-methyl/N-ethyl adjacent to an activating group) is 2. The first-order chi connectivity index (χ1) is 16.2. The van der Waals surface area contributed by atoms with E-state index in [0.29, 0.717) is 11.0 Å². The molecule has 1 spiro atoms. The highest BCUT2D eigenvalue weighted by Gasteiger charge is 2.49.